The van der Waals surface area contributed by atoms with E-state index in [9.17, 15) is 19.5 Å². The van der Waals surface area contributed by atoms with Gasteiger partial charge in [0.1, 0.15) is 23.4 Å². The Hall–Kier alpha value is -4.07. The fraction of sp³-hybridized carbons (Fsp3) is 0.367. The van der Waals surface area contributed by atoms with Crippen molar-refractivity contribution >= 4 is 34.4 Å². The Kier molecular flexibility index (Phi) is 7.62. The monoisotopic (exact) mass is 517 g/mol. The number of para-hydroxylation sites is 1. The first-order valence-corrected chi connectivity index (χ1v) is 12.8. The maximum absolute atomic E-state index is 13.9. The van der Waals surface area contributed by atoms with Crippen LogP contribution in [0.5, 0.6) is 5.75 Å². The molecule has 0 aliphatic heterocycles. The van der Waals surface area contributed by atoms with Gasteiger partial charge in [0.25, 0.3) is 5.91 Å². The molecular weight excluding hydrogens is 482 g/mol. The molecule has 0 heterocycles. The molecule has 3 aromatic carbocycles. The van der Waals surface area contributed by atoms with Crippen LogP contribution in [0.3, 0.4) is 0 Å². The maximum Gasteiger partial charge on any atom is 0.408 e. The average molecular weight is 518 g/mol. The van der Waals surface area contributed by atoms with Crippen LogP contribution in [0.1, 0.15) is 57.7 Å². The predicted octanol–water partition coefficient (Wildman–Crippen LogP) is 5.44. The van der Waals surface area contributed by atoms with Gasteiger partial charge in [0.05, 0.1) is 0 Å². The molecule has 2 unspecified atom stereocenters. The number of ether oxygens (including phenoxy) is 1. The first-order valence-electron chi connectivity index (χ1n) is 12.8. The predicted molar refractivity (Wildman–Crippen MR) is 147 cm³/mol. The summed E-state index contributed by atoms with van der Waals surface area (Å²) in [5.74, 6) is -0.929. The molecule has 0 bridgehead atoms. The lowest BCUT2D eigenvalue weighted by atomic mass is 9.99. The van der Waals surface area contributed by atoms with Crippen LogP contribution in [0.2, 0.25) is 0 Å². The largest absolute Gasteiger partial charge is 0.507 e. The molecule has 0 radical (unpaired) electrons. The van der Waals surface area contributed by atoms with Gasteiger partial charge in [-0.2, -0.15) is 0 Å². The van der Waals surface area contributed by atoms with Crippen LogP contribution in [0, 0.1) is 6.92 Å². The average Bonchev–Trinajstić information content (AvgIpc) is 3.68. The Labute approximate surface area is 223 Å². The zero-order valence-electron chi connectivity index (χ0n) is 22.4. The number of phenolic OH excluding ortho intramolecular Hbond substituents is 1. The lowest BCUT2D eigenvalue weighted by Gasteiger charge is -2.34. The third-order valence-electron chi connectivity index (χ3n) is 6.41. The van der Waals surface area contributed by atoms with Gasteiger partial charge in [-0.1, -0.05) is 48.5 Å². The molecule has 0 aromatic heterocycles. The maximum atomic E-state index is 13.9. The van der Waals surface area contributed by atoms with E-state index in [0.29, 0.717) is 16.8 Å². The smallest absolute Gasteiger partial charge is 0.408 e. The van der Waals surface area contributed by atoms with Gasteiger partial charge in [-0.25, -0.2) is 4.79 Å². The van der Waals surface area contributed by atoms with Crippen LogP contribution >= 0.6 is 0 Å². The van der Waals surface area contributed by atoms with Crippen LogP contribution in [0.4, 0.5) is 10.5 Å². The van der Waals surface area contributed by atoms with Gasteiger partial charge in [-0.15, -0.1) is 0 Å². The summed E-state index contributed by atoms with van der Waals surface area (Å²) in [4.78, 5) is 41.5. The molecule has 3 aromatic rings. The van der Waals surface area contributed by atoms with Gasteiger partial charge >= 0.3 is 6.09 Å². The van der Waals surface area contributed by atoms with Crippen molar-refractivity contribution in [1.29, 1.82) is 0 Å². The highest BCUT2D eigenvalue weighted by molar-refractivity contribution is 6.01. The van der Waals surface area contributed by atoms with Crippen molar-refractivity contribution in [3.8, 4) is 5.75 Å². The Bertz CT molecular complexity index is 1360. The molecule has 8 nitrogen and oxygen atoms in total. The zero-order chi connectivity index (χ0) is 27.6. The molecule has 0 spiro atoms. The van der Waals surface area contributed by atoms with Crippen LogP contribution < -0.4 is 10.6 Å². The van der Waals surface area contributed by atoms with Crippen LogP contribution in [-0.4, -0.2) is 45.6 Å². The molecule has 38 heavy (non-hydrogen) atoms. The first-order chi connectivity index (χ1) is 17.9. The number of carbonyl (C=O) groups excluding carboxylic acids is 3. The van der Waals surface area contributed by atoms with Crippen molar-refractivity contribution in [3.63, 3.8) is 0 Å². The number of hydrogen-bond acceptors (Lipinski definition) is 5. The number of aromatic hydroxyl groups is 1. The number of amides is 3. The standard InChI is InChI=1S/C30H35N3O5/c1-18-9-8-12-24(26(18)34)25(27(35)32-22-14-13-20-10-6-7-11-21(20)17-22)33(23-15-16-23)28(36)19(2)31-29(37)38-30(3,4)5/h6-14,17,19,23,25,34H,15-16H2,1-5H3,(H,31,37)(H,32,35). The molecule has 1 aliphatic rings. The summed E-state index contributed by atoms with van der Waals surface area (Å²) in [6.07, 6.45) is 0.721. The number of alkyl carbamates (subject to hydrolysis) is 1. The van der Waals surface area contributed by atoms with E-state index in [4.69, 9.17) is 4.74 Å². The second kappa shape index (κ2) is 10.7. The van der Waals surface area contributed by atoms with Gasteiger partial charge in [0.2, 0.25) is 5.91 Å². The van der Waals surface area contributed by atoms with E-state index in [1.54, 1.807) is 52.8 Å². The Morgan fingerprint density at radius 3 is 2.34 bits per heavy atom. The summed E-state index contributed by atoms with van der Waals surface area (Å²) in [7, 11) is 0. The molecule has 3 N–H and O–H groups in total. The van der Waals surface area contributed by atoms with E-state index in [1.807, 2.05) is 42.5 Å². The molecule has 1 aliphatic carbocycles. The normalized spacial score (nSPS) is 14.9. The molecule has 1 saturated carbocycles. The van der Waals surface area contributed by atoms with Crippen molar-refractivity contribution in [2.45, 2.75) is 71.2 Å². The van der Waals surface area contributed by atoms with E-state index in [-0.39, 0.29) is 11.8 Å². The third kappa shape index (κ3) is 6.25. The van der Waals surface area contributed by atoms with Crippen LogP contribution in [-0.2, 0) is 14.3 Å². The minimum atomic E-state index is -1.11. The number of fused-ring (bicyclic) bond motifs is 1. The van der Waals surface area contributed by atoms with Gasteiger partial charge in [0, 0.05) is 17.3 Å². The summed E-state index contributed by atoms with van der Waals surface area (Å²) in [6.45, 7) is 8.53. The Morgan fingerprint density at radius 1 is 1.00 bits per heavy atom. The second-order valence-electron chi connectivity index (χ2n) is 10.8. The highest BCUT2D eigenvalue weighted by Crippen LogP contribution is 2.39. The van der Waals surface area contributed by atoms with E-state index in [2.05, 4.69) is 10.6 Å². The van der Waals surface area contributed by atoms with E-state index >= 15 is 0 Å². The van der Waals surface area contributed by atoms with Gasteiger partial charge in [0.15, 0.2) is 0 Å². The molecule has 1 fully saturated rings. The van der Waals surface area contributed by atoms with E-state index in [0.717, 1.165) is 23.6 Å². The fourth-order valence-electron chi connectivity index (χ4n) is 4.44. The Morgan fingerprint density at radius 2 is 1.68 bits per heavy atom. The summed E-state index contributed by atoms with van der Waals surface area (Å²) in [5, 5.41) is 18.5. The van der Waals surface area contributed by atoms with Crippen LogP contribution in [0.25, 0.3) is 10.8 Å². The number of nitrogens with zero attached hydrogens (tertiary/aromatic N) is 1. The summed E-state index contributed by atoms with van der Waals surface area (Å²) >= 11 is 0. The Balaban J connectivity index is 1.67. The molecule has 200 valence electrons. The second-order valence-corrected chi connectivity index (χ2v) is 10.8. The molecule has 8 heteroatoms. The lowest BCUT2D eigenvalue weighted by molar-refractivity contribution is -0.141. The van der Waals surface area contributed by atoms with E-state index < -0.39 is 35.6 Å². The van der Waals surface area contributed by atoms with Crippen molar-refractivity contribution in [2.75, 3.05) is 5.32 Å². The van der Waals surface area contributed by atoms with Crippen molar-refractivity contribution in [3.05, 3.63) is 71.8 Å². The van der Waals surface area contributed by atoms with Gasteiger partial charge < -0.3 is 25.4 Å². The summed E-state index contributed by atoms with van der Waals surface area (Å²) < 4.78 is 5.32. The third-order valence-corrected chi connectivity index (χ3v) is 6.41. The minimum absolute atomic E-state index is 0.0441. The highest BCUT2D eigenvalue weighted by Gasteiger charge is 2.44. The number of carbonyl (C=O) groups is 3. The summed E-state index contributed by atoms with van der Waals surface area (Å²) in [6, 6.07) is 16.3. The molecule has 4 rings (SSSR count). The number of phenols is 1. The van der Waals surface area contributed by atoms with Crippen LogP contribution in [0.15, 0.2) is 60.7 Å². The number of benzene rings is 3. The molecule has 0 saturated heterocycles. The molecule has 2 atom stereocenters. The first kappa shape index (κ1) is 27.0. The summed E-state index contributed by atoms with van der Waals surface area (Å²) in [5.41, 5.74) is 0.773. The van der Waals surface area contributed by atoms with E-state index in [1.165, 1.54) is 4.90 Å². The van der Waals surface area contributed by atoms with Gasteiger partial charge in [-0.3, -0.25) is 9.59 Å². The fourth-order valence-corrected chi connectivity index (χ4v) is 4.44. The molecule has 3 amide bonds. The van der Waals surface area contributed by atoms with Crippen molar-refractivity contribution in [1.82, 2.24) is 10.2 Å². The number of hydrogen-bond donors (Lipinski definition) is 3. The van der Waals surface area contributed by atoms with Crippen molar-refractivity contribution in [2.24, 2.45) is 0 Å². The topological polar surface area (TPSA) is 108 Å². The lowest BCUT2D eigenvalue weighted by Crippen LogP contribution is -2.52. The zero-order valence-corrected chi connectivity index (χ0v) is 22.4. The van der Waals surface area contributed by atoms with Gasteiger partial charge in [-0.05, 0) is 75.9 Å². The number of anilines is 1. The number of rotatable bonds is 7. The number of aryl methyl sites for hydroxylation is 1. The molecular formula is C30H35N3O5. The van der Waals surface area contributed by atoms with Crippen molar-refractivity contribution < 1.29 is 24.2 Å². The minimum Gasteiger partial charge on any atom is -0.507 e. The SMILES string of the molecule is Cc1cccc(C(C(=O)Nc2ccc3ccccc3c2)N(C(=O)C(C)NC(=O)OC(C)(C)C)C2CC2)c1O. The quantitative estimate of drug-likeness (QED) is 0.387. The highest BCUT2D eigenvalue weighted by atomic mass is 16.6. The number of nitrogens with one attached hydrogen (secondary N) is 2.